The van der Waals surface area contributed by atoms with Gasteiger partial charge in [0, 0.05) is 31.5 Å². The number of carbonyl (C=O) groups excluding carboxylic acids is 1. The van der Waals surface area contributed by atoms with E-state index in [9.17, 15) is 4.79 Å². The molecule has 1 fully saturated rings. The lowest BCUT2D eigenvalue weighted by Gasteiger charge is -2.36. The number of hydrazine groups is 1. The number of piperidine rings is 1. The van der Waals surface area contributed by atoms with Crippen molar-refractivity contribution in [1.29, 1.82) is 0 Å². The Kier molecular flexibility index (Phi) is 4.57. The first-order valence-electron chi connectivity index (χ1n) is 6.82. The number of anilines is 1. The van der Waals surface area contributed by atoms with Gasteiger partial charge in [0.05, 0.1) is 6.10 Å². The van der Waals surface area contributed by atoms with Crippen LogP contribution in [0.15, 0.2) is 12.1 Å². The average molecular weight is 278 g/mol. The second-order valence-electron chi connectivity index (χ2n) is 5.32. The molecule has 1 saturated heterocycles. The molecule has 0 aliphatic carbocycles. The third-order valence-electron chi connectivity index (χ3n) is 3.83. The third-order valence-corrected chi connectivity index (χ3v) is 3.83. The minimum Gasteiger partial charge on any atom is -0.379 e. The predicted molar refractivity (Wildman–Crippen MR) is 77.3 cm³/mol. The number of hydrogen-bond acceptors (Lipinski definition) is 5. The third kappa shape index (κ3) is 3.08. The van der Waals surface area contributed by atoms with Crippen molar-refractivity contribution >= 4 is 11.7 Å². The summed E-state index contributed by atoms with van der Waals surface area (Å²) in [6.07, 6.45) is 1.05. The van der Waals surface area contributed by atoms with Crippen molar-refractivity contribution in [3.63, 3.8) is 0 Å². The van der Waals surface area contributed by atoms with E-state index in [4.69, 9.17) is 10.6 Å². The number of nitrogens with zero attached hydrogens (tertiary/aromatic N) is 2. The highest BCUT2D eigenvalue weighted by Gasteiger charge is 2.29. The number of pyridine rings is 1. The summed E-state index contributed by atoms with van der Waals surface area (Å²) in [7, 11) is 1.70. The number of aryl methyl sites for hydroxylation is 1. The van der Waals surface area contributed by atoms with Crippen LogP contribution in [0.4, 0.5) is 5.82 Å². The van der Waals surface area contributed by atoms with Crippen LogP contribution in [0.25, 0.3) is 0 Å². The summed E-state index contributed by atoms with van der Waals surface area (Å²) in [6, 6.07) is 3.46. The fourth-order valence-electron chi connectivity index (χ4n) is 2.57. The van der Waals surface area contributed by atoms with E-state index in [1.165, 1.54) is 0 Å². The first kappa shape index (κ1) is 14.7. The molecular formula is C14H22N4O2. The maximum atomic E-state index is 12.6. The standard InChI is InChI=1S/C14H22N4O2/c1-9-4-5-18(8-12(9)20-3)14(19)11-6-10(2)16-13(7-11)17-15/h6-7,9,12H,4-5,8,15H2,1-3H3,(H,16,17). The number of carbonyl (C=O) groups is 1. The molecule has 1 aromatic heterocycles. The number of nitrogens with one attached hydrogen (secondary N) is 1. The number of ether oxygens (including phenoxy) is 1. The van der Waals surface area contributed by atoms with E-state index >= 15 is 0 Å². The molecule has 2 rings (SSSR count). The van der Waals surface area contributed by atoms with Crippen LogP contribution in [0.3, 0.4) is 0 Å². The fraction of sp³-hybridized carbons (Fsp3) is 0.571. The van der Waals surface area contributed by atoms with Crippen LogP contribution in [-0.4, -0.2) is 42.1 Å². The number of aromatic nitrogens is 1. The average Bonchev–Trinajstić information content (AvgIpc) is 2.46. The van der Waals surface area contributed by atoms with Crippen LogP contribution in [0.2, 0.25) is 0 Å². The number of nitrogen functional groups attached to an aromatic ring is 1. The Morgan fingerprint density at radius 3 is 2.95 bits per heavy atom. The second-order valence-corrected chi connectivity index (χ2v) is 5.32. The Labute approximate surface area is 119 Å². The maximum Gasteiger partial charge on any atom is 0.254 e. The Balaban J connectivity index is 2.17. The smallest absolute Gasteiger partial charge is 0.254 e. The Morgan fingerprint density at radius 2 is 2.30 bits per heavy atom. The van der Waals surface area contributed by atoms with Crippen LogP contribution in [-0.2, 0) is 4.74 Å². The molecule has 2 heterocycles. The Hall–Kier alpha value is -1.66. The van der Waals surface area contributed by atoms with Crippen molar-refractivity contribution in [3.8, 4) is 0 Å². The van der Waals surface area contributed by atoms with Crippen LogP contribution < -0.4 is 11.3 Å². The minimum absolute atomic E-state index is 0.000880. The van der Waals surface area contributed by atoms with Crippen molar-refractivity contribution in [3.05, 3.63) is 23.4 Å². The first-order valence-corrected chi connectivity index (χ1v) is 6.82. The normalized spacial score (nSPS) is 22.7. The van der Waals surface area contributed by atoms with Crippen LogP contribution in [0, 0.1) is 12.8 Å². The molecule has 2 atom stereocenters. The van der Waals surface area contributed by atoms with E-state index in [-0.39, 0.29) is 12.0 Å². The second kappa shape index (κ2) is 6.19. The van der Waals surface area contributed by atoms with Gasteiger partial charge in [0.2, 0.25) is 0 Å². The highest BCUT2D eigenvalue weighted by atomic mass is 16.5. The molecule has 1 amide bonds. The van der Waals surface area contributed by atoms with E-state index < -0.39 is 0 Å². The van der Waals surface area contributed by atoms with Crippen molar-refractivity contribution < 1.29 is 9.53 Å². The van der Waals surface area contributed by atoms with Gasteiger partial charge in [-0.1, -0.05) is 6.92 Å². The van der Waals surface area contributed by atoms with Gasteiger partial charge in [0.1, 0.15) is 5.82 Å². The molecule has 0 radical (unpaired) electrons. The topological polar surface area (TPSA) is 80.5 Å². The summed E-state index contributed by atoms with van der Waals surface area (Å²) in [5, 5.41) is 0. The van der Waals surface area contributed by atoms with Gasteiger partial charge in [-0.3, -0.25) is 4.79 Å². The largest absolute Gasteiger partial charge is 0.379 e. The molecule has 0 aromatic carbocycles. The molecule has 20 heavy (non-hydrogen) atoms. The van der Waals surface area contributed by atoms with Crippen LogP contribution in [0.1, 0.15) is 29.4 Å². The summed E-state index contributed by atoms with van der Waals surface area (Å²) in [4.78, 5) is 18.6. The van der Waals surface area contributed by atoms with Gasteiger partial charge < -0.3 is 15.1 Å². The van der Waals surface area contributed by atoms with Crippen molar-refractivity contribution in [2.24, 2.45) is 11.8 Å². The van der Waals surface area contributed by atoms with E-state index in [1.807, 2.05) is 11.8 Å². The SMILES string of the molecule is COC1CN(C(=O)c2cc(C)nc(NN)c2)CCC1C. The van der Waals surface area contributed by atoms with Crippen molar-refractivity contribution in [2.75, 3.05) is 25.6 Å². The molecule has 0 spiro atoms. The zero-order chi connectivity index (χ0) is 14.7. The van der Waals surface area contributed by atoms with E-state index in [0.717, 1.165) is 18.7 Å². The van der Waals surface area contributed by atoms with E-state index in [1.54, 1.807) is 19.2 Å². The number of likely N-dealkylation sites (tertiary alicyclic amines) is 1. The summed E-state index contributed by atoms with van der Waals surface area (Å²) in [5.41, 5.74) is 3.85. The number of hydrogen-bond donors (Lipinski definition) is 2. The van der Waals surface area contributed by atoms with Gasteiger partial charge in [0.25, 0.3) is 5.91 Å². The quantitative estimate of drug-likeness (QED) is 0.641. The minimum atomic E-state index is 0.000880. The van der Waals surface area contributed by atoms with Gasteiger partial charge in [0.15, 0.2) is 0 Å². The van der Waals surface area contributed by atoms with Gasteiger partial charge in [-0.15, -0.1) is 0 Å². The van der Waals surface area contributed by atoms with Gasteiger partial charge in [-0.25, -0.2) is 10.8 Å². The molecular weight excluding hydrogens is 256 g/mol. The lowest BCUT2D eigenvalue weighted by Crippen LogP contribution is -2.46. The Morgan fingerprint density at radius 1 is 1.55 bits per heavy atom. The number of amides is 1. The van der Waals surface area contributed by atoms with Crippen molar-refractivity contribution in [2.45, 2.75) is 26.4 Å². The van der Waals surface area contributed by atoms with Gasteiger partial charge in [-0.2, -0.15) is 0 Å². The predicted octanol–water partition coefficient (Wildman–Crippen LogP) is 1.17. The van der Waals surface area contributed by atoms with Gasteiger partial charge in [-0.05, 0) is 31.4 Å². The molecule has 6 heteroatoms. The zero-order valence-electron chi connectivity index (χ0n) is 12.2. The van der Waals surface area contributed by atoms with Gasteiger partial charge >= 0.3 is 0 Å². The molecule has 110 valence electrons. The van der Waals surface area contributed by atoms with E-state index in [0.29, 0.717) is 23.8 Å². The monoisotopic (exact) mass is 278 g/mol. The summed E-state index contributed by atoms with van der Waals surface area (Å²) in [5.74, 6) is 6.35. The lowest BCUT2D eigenvalue weighted by molar-refractivity contribution is -0.00156. The van der Waals surface area contributed by atoms with Crippen molar-refractivity contribution in [1.82, 2.24) is 9.88 Å². The highest BCUT2D eigenvalue weighted by molar-refractivity contribution is 5.95. The Bertz CT molecular complexity index is 492. The number of methoxy groups -OCH3 is 1. The number of rotatable bonds is 3. The molecule has 0 bridgehead atoms. The van der Waals surface area contributed by atoms with Crippen LogP contribution in [0.5, 0.6) is 0 Å². The number of nitrogens with two attached hydrogens (primary N) is 1. The molecule has 0 saturated carbocycles. The maximum absolute atomic E-state index is 12.6. The summed E-state index contributed by atoms with van der Waals surface area (Å²) >= 11 is 0. The summed E-state index contributed by atoms with van der Waals surface area (Å²) < 4.78 is 5.45. The molecule has 1 aromatic rings. The molecule has 1 aliphatic heterocycles. The van der Waals surface area contributed by atoms with Crippen LogP contribution >= 0.6 is 0 Å². The first-order chi connectivity index (χ1) is 9.55. The molecule has 6 nitrogen and oxygen atoms in total. The lowest BCUT2D eigenvalue weighted by atomic mass is 9.95. The van der Waals surface area contributed by atoms with E-state index in [2.05, 4.69) is 17.3 Å². The molecule has 2 unspecified atom stereocenters. The highest BCUT2D eigenvalue weighted by Crippen LogP contribution is 2.21. The molecule has 1 aliphatic rings. The zero-order valence-corrected chi connectivity index (χ0v) is 12.2. The fourth-order valence-corrected chi connectivity index (χ4v) is 2.57. The molecule has 3 N–H and O–H groups in total. The summed E-state index contributed by atoms with van der Waals surface area (Å²) in [6.45, 7) is 5.38.